The first-order valence-corrected chi connectivity index (χ1v) is 10.3. The summed E-state index contributed by atoms with van der Waals surface area (Å²) in [6.45, 7) is 3.71. The zero-order valence-corrected chi connectivity index (χ0v) is 17.4. The van der Waals surface area contributed by atoms with Gasteiger partial charge < -0.3 is 14.2 Å². The number of furan rings is 1. The van der Waals surface area contributed by atoms with Crippen molar-refractivity contribution in [3.63, 3.8) is 0 Å². The second-order valence-electron chi connectivity index (χ2n) is 7.44. The zero-order chi connectivity index (χ0) is 21.5. The van der Waals surface area contributed by atoms with E-state index in [4.69, 9.17) is 8.83 Å². The topological polar surface area (TPSA) is 71.5 Å². The maximum Gasteiger partial charge on any atom is 0.273 e. The molecule has 2 aromatic heterocycles. The van der Waals surface area contributed by atoms with Crippen LogP contribution in [0.15, 0.2) is 94.2 Å². The molecule has 1 unspecified atom stereocenters. The first-order chi connectivity index (χ1) is 15.2. The summed E-state index contributed by atoms with van der Waals surface area (Å²) in [5.74, 6) is 1.09. The molecule has 6 heteroatoms. The molecule has 4 rings (SSSR count). The molecule has 2 aromatic carbocycles. The lowest BCUT2D eigenvalue weighted by Crippen LogP contribution is -2.27. The van der Waals surface area contributed by atoms with Crippen LogP contribution in [0.25, 0.3) is 0 Å². The van der Waals surface area contributed by atoms with Crippen molar-refractivity contribution in [3.8, 4) is 0 Å². The van der Waals surface area contributed by atoms with Crippen LogP contribution in [0.4, 0.5) is 0 Å². The van der Waals surface area contributed by atoms with Crippen molar-refractivity contribution in [1.29, 1.82) is 0 Å². The van der Waals surface area contributed by atoms with Gasteiger partial charge in [0, 0.05) is 6.54 Å². The molecule has 0 fully saturated rings. The first kappa shape index (κ1) is 20.6. The van der Waals surface area contributed by atoms with Crippen LogP contribution in [-0.4, -0.2) is 15.8 Å². The highest BCUT2D eigenvalue weighted by molar-refractivity contribution is 5.92. The minimum Gasteiger partial charge on any atom is -0.468 e. The van der Waals surface area contributed by atoms with E-state index in [1.165, 1.54) is 11.8 Å². The van der Waals surface area contributed by atoms with Crippen LogP contribution in [0.5, 0.6) is 0 Å². The van der Waals surface area contributed by atoms with Crippen molar-refractivity contribution in [2.75, 3.05) is 0 Å². The first-order valence-electron chi connectivity index (χ1n) is 10.3. The van der Waals surface area contributed by atoms with E-state index in [9.17, 15) is 4.79 Å². The second kappa shape index (κ2) is 9.91. The molecule has 0 aliphatic rings. The number of carbonyl (C=O) groups excluding carboxylic acids is 1. The molecule has 1 atom stereocenters. The average Bonchev–Trinajstić information content (AvgIpc) is 3.47. The predicted octanol–water partition coefficient (Wildman–Crippen LogP) is 4.96. The number of carbonyl (C=O) groups is 1. The molecular formula is C25H25N3O3. The maximum absolute atomic E-state index is 12.6. The van der Waals surface area contributed by atoms with E-state index in [0.717, 1.165) is 11.3 Å². The Labute approximate surface area is 181 Å². The maximum atomic E-state index is 12.6. The van der Waals surface area contributed by atoms with Crippen molar-refractivity contribution < 1.29 is 13.6 Å². The molecule has 158 valence electrons. The molecule has 0 aliphatic heterocycles. The van der Waals surface area contributed by atoms with E-state index < -0.39 is 0 Å². The van der Waals surface area contributed by atoms with Gasteiger partial charge in [0.1, 0.15) is 12.0 Å². The summed E-state index contributed by atoms with van der Waals surface area (Å²) in [6.07, 6.45) is 3.08. The number of aromatic nitrogens is 1. The van der Waals surface area contributed by atoms with Crippen LogP contribution in [0.1, 0.15) is 46.2 Å². The average molecular weight is 415 g/mol. The number of rotatable bonds is 9. The smallest absolute Gasteiger partial charge is 0.273 e. The van der Waals surface area contributed by atoms with Gasteiger partial charge in [0.2, 0.25) is 5.89 Å². The van der Waals surface area contributed by atoms with E-state index in [1.54, 1.807) is 6.26 Å². The molecule has 0 radical (unpaired) electrons. The van der Waals surface area contributed by atoms with Crippen LogP contribution in [-0.2, 0) is 19.6 Å². The van der Waals surface area contributed by atoms with Gasteiger partial charge in [0.25, 0.3) is 5.91 Å². The number of benzene rings is 2. The Kier molecular flexibility index (Phi) is 6.59. The molecular weight excluding hydrogens is 390 g/mol. The Balaban J connectivity index is 1.42. The van der Waals surface area contributed by atoms with Crippen molar-refractivity contribution in [1.82, 2.24) is 15.2 Å². The van der Waals surface area contributed by atoms with Gasteiger partial charge in [0.05, 0.1) is 25.4 Å². The van der Waals surface area contributed by atoms with Gasteiger partial charge in [-0.2, -0.15) is 0 Å². The third kappa shape index (κ3) is 5.71. The van der Waals surface area contributed by atoms with E-state index in [0.29, 0.717) is 25.5 Å². The molecule has 31 heavy (non-hydrogen) atoms. The lowest BCUT2D eigenvalue weighted by Gasteiger charge is -2.19. The van der Waals surface area contributed by atoms with E-state index in [2.05, 4.69) is 27.3 Å². The normalized spacial score (nSPS) is 12.1. The van der Waals surface area contributed by atoms with Gasteiger partial charge in [0.15, 0.2) is 5.69 Å². The number of hydrogen-bond acceptors (Lipinski definition) is 5. The Morgan fingerprint density at radius 3 is 2.39 bits per heavy atom. The summed E-state index contributed by atoms with van der Waals surface area (Å²) in [4.78, 5) is 19.2. The van der Waals surface area contributed by atoms with Gasteiger partial charge in [-0.3, -0.25) is 9.69 Å². The summed E-state index contributed by atoms with van der Waals surface area (Å²) in [7, 11) is 0. The Morgan fingerprint density at radius 2 is 1.68 bits per heavy atom. The van der Waals surface area contributed by atoms with Crippen molar-refractivity contribution in [3.05, 3.63) is 114 Å². The fraction of sp³-hybridized carbons (Fsp3) is 0.200. The van der Waals surface area contributed by atoms with Crippen LogP contribution < -0.4 is 5.32 Å². The third-order valence-electron chi connectivity index (χ3n) is 5.00. The highest BCUT2D eigenvalue weighted by atomic mass is 16.3. The van der Waals surface area contributed by atoms with Gasteiger partial charge in [-0.05, 0) is 30.2 Å². The third-order valence-corrected chi connectivity index (χ3v) is 5.00. The number of nitrogens with zero attached hydrogens (tertiary/aromatic N) is 2. The standard InChI is InChI=1S/C25H25N3O3/c1-19(21-11-6-3-7-12-21)26-25(29)23-18-31-24(27-23)17-28(16-22-13-8-14-30-22)15-20-9-4-2-5-10-20/h2-14,18-19H,15-17H2,1H3,(H,26,29). The Morgan fingerprint density at radius 1 is 0.935 bits per heavy atom. The van der Waals surface area contributed by atoms with Gasteiger partial charge >= 0.3 is 0 Å². The molecule has 1 amide bonds. The molecule has 6 nitrogen and oxygen atoms in total. The summed E-state index contributed by atoms with van der Waals surface area (Å²) in [6, 6.07) is 23.7. The quantitative estimate of drug-likeness (QED) is 0.418. The van der Waals surface area contributed by atoms with E-state index in [-0.39, 0.29) is 17.6 Å². The Bertz CT molecular complexity index is 1080. The van der Waals surface area contributed by atoms with E-state index in [1.807, 2.05) is 67.6 Å². The molecule has 0 bridgehead atoms. The van der Waals surface area contributed by atoms with Crippen LogP contribution >= 0.6 is 0 Å². The van der Waals surface area contributed by atoms with E-state index >= 15 is 0 Å². The minimum atomic E-state index is -0.257. The van der Waals surface area contributed by atoms with Gasteiger partial charge in [-0.25, -0.2) is 4.98 Å². The minimum absolute atomic E-state index is 0.123. The highest BCUT2D eigenvalue weighted by Gasteiger charge is 2.18. The molecule has 0 saturated carbocycles. The predicted molar refractivity (Wildman–Crippen MR) is 117 cm³/mol. The summed E-state index contributed by atoms with van der Waals surface area (Å²) in [5, 5.41) is 2.97. The summed E-state index contributed by atoms with van der Waals surface area (Å²) >= 11 is 0. The molecule has 0 spiro atoms. The monoisotopic (exact) mass is 415 g/mol. The number of amides is 1. The van der Waals surface area contributed by atoms with Crippen molar-refractivity contribution in [2.45, 2.75) is 32.6 Å². The largest absolute Gasteiger partial charge is 0.468 e. The fourth-order valence-corrected chi connectivity index (χ4v) is 3.41. The number of nitrogens with one attached hydrogen (secondary N) is 1. The summed E-state index contributed by atoms with van der Waals surface area (Å²) in [5.41, 5.74) is 2.48. The number of oxazole rings is 1. The zero-order valence-electron chi connectivity index (χ0n) is 17.4. The summed E-state index contributed by atoms with van der Waals surface area (Å²) < 4.78 is 11.1. The van der Waals surface area contributed by atoms with Crippen LogP contribution in [0.2, 0.25) is 0 Å². The van der Waals surface area contributed by atoms with Gasteiger partial charge in [-0.1, -0.05) is 60.7 Å². The molecule has 0 aliphatic carbocycles. The molecule has 0 saturated heterocycles. The fourth-order valence-electron chi connectivity index (χ4n) is 3.41. The Hall–Kier alpha value is -3.64. The molecule has 1 N–H and O–H groups in total. The molecule has 4 aromatic rings. The van der Waals surface area contributed by atoms with Crippen molar-refractivity contribution >= 4 is 5.91 Å². The van der Waals surface area contributed by atoms with Crippen LogP contribution in [0, 0.1) is 0 Å². The lowest BCUT2D eigenvalue weighted by atomic mass is 10.1. The van der Waals surface area contributed by atoms with Gasteiger partial charge in [-0.15, -0.1) is 0 Å². The SMILES string of the molecule is CC(NC(=O)c1coc(CN(Cc2ccccc2)Cc2ccco2)n1)c1ccccc1. The van der Waals surface area contributed by atoms with Crippen molar-refractivity contribution in [2.24, 2.45) is 0 Å². The molecule has 2 heterocycles. The lowest BCUT2D eigenvalue weighted by molar-refractivity contribution is 0.0934. The second-order valence-corrected chi connectivity index (χ2v) is 7.44. The van der Waals surface area contributed by atoms with Crippen LogP contribution in [0.3, 0.4) is 0 Å². The number of hydrogen-bond donors (Lipinski definition) is 1. The highest BCUT2D eigenvalue weighted by Crippen LogP contribution is 2.16.